The highest BCUT2D eigenvalue weighted by Crippen LogP contribution is 2.30. The van der Waals surface area contributed by atoms with E-state index < -0.39 is 4.92 Å². The smallest absolute Gasteiger partial charge is 0.288 e. The molecule has 0 aliphatic carbocycles. The van der Waals surface area contributed by atoms with Gasteiger partial charge in [0.15, 0.2) is 0 Å². The molecule has 0 radical (unpaired) electrons. The first-order valence-corrected chi connectivity index (χ1v) is 5.58. The number of hydrogen-bond acceptors (Lipinski definition) is 3. The molecule has 92 valence electrons. The Hall–Kier alpha value is -1.62. The van der Waals surface area contributed by atoms with Crippen molar-refractivity contribution >= 4 is 28.9 Å². The van der Waals surface area contributed by atoms with Crippen LogP contribution in [0.4, 0.5) is 11.4 Å². The van der Waals surface area contributed by atoms with E-state index in [9.17, 15) is 14.9 Å². The van der Waals surface area contributed by atoms with Gasteiger partial charge in [0.05, 0.1) is 4.92 Å². The summed E-state index contributed by atoms with van der Waals surface area (Å²) in [4.78, 5) is 21.5. The van der Waals surface area contributed by atoms with Gasteiger partial charge in [0, 0.05) is 18.2 Å². The quantitative estimate of drug-likeness (QED) is 0.664. The maximum absolute atomic E-state index is 11.4. The van der Waals surface area contributed by atoms with Crippen molar-refractivity contribution in [1.82, 2.24) is 0 Å². The number of nitrogens with zero attached hydrogens (tertiary/aromatic N) is 1. The van der Waals surface area contributed by atoms with E-state index in [1.165, 1.54) is 12.1 Å². The number of anilines is 1. The van der Waals surface area contributed by atoms with Gasteiger partial charge < -0.3 is 5.32 Å². The topological polar surface area (TPSA) is 72.2 Å². The molecular formula is C11H13ClN2O3. The Labute approximate surface area is 104 Å². The number of halogens is 1. The molecule has 0 saturated heterocycles. The van der Waals surface area contributed by atoms with Gasteiger partial charge in [-0.2, -0.15) is 0 Å². The molecule has 0 bridgehead atoms. The third-order valence-corrected chi connectivity index (χ3v) is 2.54. The van der Waals surface area contributed by atoms with Crippen molar-refractivity contribution in [2.24, 2.45) is 0 Å². The molecule has 1 N–H and O–H groups in total. The Morgan fingerprint density at radius 2 is 2.18 bits per heavy atom. The first kappa shape index (κ1) is 13.4. The van der Waals surface area contributed by atoms with Crippen LogP contribution < -0.4 is 5.32 Å². The summed E-state index contributed by atoms with van der Waals surface area (Å²) in [6.07, 6.45) is 1.15. The maximum atomic E-state index is 11.4. The summed E-state index contributed by atoms with van der Waals surface area (Å²) in [5.74, 6) is -0.125. The predicted molar refractivity (Wildman–Crippen MR) is 66.4 cm³/mol. The van der Waals surface area contributed by atoms with Crippen LogP contribution in [0.2, 0.25) is 5.02 Å². The number of nitrogens with one attached hydrogen (secondary N) is 1. The molecule has 0 aliphatic rings. The zero-order valence-electron chi connectivity index (χ0n) is 9.62. The van der Waals surface area contributed by atoms with Crippen molar-refractivity contribution in [1.29, 1.82) is 0 Å². The zero-order valence-corrected chi connectivity index (χ0v) is 10.4. The second-order valence-corrected chi connectivity index (χ2v) is 4.08. The van der Waals surface area contributed by atoms with E-state index >= 15 is 0 Å². The molecule has 1 aromatic carbocycles. The van der Waals surface area contributed by atoms with Gasteiger partial charge in [-0.25, -0.2) is 0 Å². The van der Waals surface area contributed by atoms with Crippen molar-refractivity contribution in [3.63, 3.8) is 0 Å². The monoisotopic (exact) mass is 256 g/mol. The molecule has 0 spiro atoms. The summed E-state index contributed by atoms with van der Waals surface area (Å²) in [5, 5.41) is 13.3. The summed E-state index contributed by atoms with van der Waals surface area (Å²) in [5.41, 5.74) is 0.974. The molecule has 0 aromatic heterocycles. The van der Waals surface area contributed by atoms with E-state index in [2.05, 4.69) is 5.32 Å². The highest BCUT2D eigenvalue weighted by molar-refractivity contribution is 6.33. The van der Waals surface area contributed by atoms with Crippen molar-refractivity contribution in [3.05, 3.63) is 32.8 Å². The van der Waals surface area contributed by atoms with Crippen molar-refractivity contribution < 1.29 is 9.72 Å². The Bertz CT molecular complexity index is 460. The summed E-state index contributed by atoms with van der Waals surface area (Å²) < 4.78 is 0. The predicted octanol–water partition coefficient (Wildman–Crippen LogP) is 3.30. The lowest BCUT2D eigenvalue weighted by molar-refractivity contribution is -0.384. The average molecular weight is 257 g/mol. The second kappa shape index (κ2) is 5.63. The molecule has 0 unspecified atom stereocenters. The van der Waals surface area contributed by atoms with Crippen LogP contribution in [0.5, 0.6) is 0 Å². The first-order valence-electron chi connectivity index (χ1n) is 5.20. The number of carbonyl (C=O) groups excluding carboxylic acids is 1. The molecule has 1 amide bonds. The van der Waals surface area contributed by atoms with E-state index in [1.54, 1.807) is 6.92 Å². The van der Waals surface area contributed by atoms with Crippen molar-refractivity contribution in [3.8, 4) is 0 Å². The van der Waals surface area contributed by atoms with Crippen LogP contribution in [-0.4, -0.2) is 10.8 Å². The molecule has 1 rings (SSSR count). The molecule has 1 aromatic rings. The minimum atomic E-state index is -0.549. The number of nitro benzene ring substituents is 1. The van der Waals surface area contributed by atoms with Gasteiger partial charge in [-0.15, -0.1) is 0 Å². The Balaban J connectivity index is 2.99. The molecule has 0 fully saturated rings. The van der Waals surface area contributed by atoms with Crippen LogP contribution >= 0.6 is 11.6 Å². The maximum Gasteiger partial charge on any atom is 0.288 e. The van der Waals surface area contributed by atoms with Gasteiger partial charge in [0.2, 0.25) is 5.91 Å². The third kappa shape index (κ3) is 3.42. The molecule has 5 nitrogen and oxygen atoms in total. The number of benzene rings is 1. The molecule has 0 saturated carbocycles. The largest absolute Gasteiger partial charge is 0.326 e. The Morgan fingerprint density at radius 3 is 2.71 bits per heavy atom. The normalized spacial score (nSPS) is 10.1. The SMILES string of the molecule is CCCC(=O)Nc1cc(Cl)c([N+](=O)[O-])cc1C. The number of rotatable bonds is 4. The van der Waals surface area contributed by atoms with Gasteiger partial charge >= 0.3 is 0 Å². The van der Waals surface area contributed by atoms with Gasteiger partial charge in [-0.1, -0.05) is 18.5 Å². The van der Waals surface area contributed by atoms with Gasteiger partial charge in [0.1, 0.15) is 5.02 Å². The van der Waals surface area contributed by atoms with Crippen LogP contribution in [-0.2, 0) is 4.79 Å². The average Bonchev–Trinajstić information content (AvgIpc) is 2.22. The molecule has 6 heteroatoms. The van der Waals surface area contributed by atoms with Crippen LogP contribution in [0.1, 0.15) is 25.3 Å². The Morgan fingerprint density at radius 1 is 1.53 bits per heavy atom. The number of hydrogen-bond donors (Lipinski definition) is 1. The fourth-order valence-corrected chi connectivity index (χ4v) is 1.61. The van der Waals surface area contributed by atoms with E-state index in [4.69, 9.17) is 11.6 Å². The van der Waals surface area contributed by atoms with E-state index in [-0.39, 0.29) is 16.6 Å². The summed E-state index contributed by atoms with van der Waals surface area (Å²) in [6.45, 7) is 3.58. The minimum Gasteiger partial charge on any atom is -0.326 e. The number of carbonyl (C=O) groups is 1. The molecule has 0 aliphatic heterocycles. The first-order chi connectivity index (χ1) is 7.95. The number of nitro groups is 1. The van der Waals surface area contributed by atoms with Gasteiger partial charge in [-0.3, -0.25) is 14.9 Å². The van der Waals surface area contributed by atoms with Gasteiger partial charge in [-0.05, 0) is 25.0 Å². The number of amides is 1. The molecule has 17 heavy (non-hydrogen) atoms. The van der Waals surface area contributed by atoms with Crippen molar-refractivity contribution in [2.75, 3.05) is 5.32 Å². The fraction of sp³-hybridized carbons (Fsp3) is 0.364. The van der Waals surface area contributed by atoms with Crippen LogP contribution in [0.25, 0.3) is 0 Å². The lowest BCUT2D eigenvalue weighted by atomic mass is 10.1. The van der Waals surface area contributed by atoms with Gasteiger partial charge in [0.25, 0.3) is 5.69 Å². The highest BCUT2D eigenvalue weighted by Gasteiger charge is 2.15. The Kier molecular flexibility index (Phi) is 4.45. The third-order valence-electron chi connectivity index (χ3n) is 2.24. The van der Waals surface area contributed by atoms with Crippen LogP contribution in [0, 0.1) is 17.0 Å². The molecule has 0 atom stereocenters. The van der Waals surface area contributed by atoms with Crippen LogP contribution in [0.3, 0.4) is 0 Å². The van der Waals surface area contributed by atoms with E-state index in [1.807, 2.05) is 6.92 Å². The summed E-state index contributed by atoms with van der Waals surface area (Å²) in [7, 11) is 0. The highest BCUT2D eigenvalue weighted by atomic mass is 35.5. The summed E-state index contributed by atoms with van der Waals surface area (Å²) >= 11 is 5.76. The van der Waals surface area contributed by atoms with Crippen LogP contribution in [0.15, 0.2) is 12.1 Å². The summed E-state index contributed by atoms with van der Waals surface area (Å²) in [6, 6.07) is 2.76. The lowest BCUT2D eigenvalue weighted by Crippen LogP contribution is -2.11. The van der Waals surface area contributed by atoms with E-state index in [0.29, 0.717) is 17.7 Å². The zero-order chi connectivity index (χ0) is 13.0. The van der Waals surface area contributed by atoms with Crippen molar-refractivity contribution in [2.45, 2.75) is 26.7 Å². The second-order valence-electron chi connectivity index (χ2n) is 3.67. The van der Waals surface area contributed by atoms with E-state index in [0.717, 1.165) is 6.42 Å². The lowest BCUT2D eigenvalue weighted by Gasteiger charge is -2.08. The minimum absolute atomic E-state index is 0.0207. The fourth-order valence-electron chi connectivity index (χ4n) is 1.38. The standard InChI is InChI=1S/C11H13ClN2O3/c1-3-4-11(15)13-9-6-8(12)10(14(16)17)5-7(9)2/h5-6H,3-4H2,1-2H3,(H,13,15). The molecule has 0 heterocycles. The number of aryl methyl sites for hydroxylation is 1. The molecular weight excluding hydrogens is 244 g/mol.